The van der Waals surface area contributed by atoms with Crippen LogP contribution in [0.4, 0.5) is 0 Å². The fourth-order valence-electron chi connectivity index (χ4n) is 2.95. The van der Waals surface area contributed by atoms with Gasteiger partial charge >= 0.3 is 0 Å². The molecule has 0 aliphatic heterocycles. The van der Waals surface area contributed by atoms with Crippen LogP contribution < -0.4 is 11.1 Å². The Morgan fingerprint density at radius 3 is 2.95 bits per heavy atom. The number of aryl methyl sites for hydroxylation is 1. The predicted molar refractivity (Wildman–Crippen MR) is 79.1 cm³/mol. The van der Waals surface area contributed by atoms with Gasteiger partial charge in [0, 0.05) is 18.5 Å². The normalized spacial score (nSPS) is 20.3. The van der Waals surface area contributed by atoms with E-state index in [4.69, 9.17) is 10.2 Å². The summed E-state index contributed by atoms with van der Waals surface area (Å²) in [5.74, 6) is 0.968. The molecule has 1 aliphatic carbocycles. The lowest BCUT2D eigenvalue weighted by molar-refractivity contribution is -0.126. The van der Waals surface area contributed by atoms with Crippen LogP contribution in [0.25, 0.3) is 0 Å². The molecule has 0 aromatic carbocycles. The zero-order valence-electron chi connectivity index (χ0n) is 12.7. The molecule has 1 aromatic heterocycles. The van der Waals surface area contributed by atoms with E-state index >= 15 is 0 Å². The van der Waals surface area contributed by atoms with Gasteiger partial charge in [-0.15, -0.1) is 0 Å². The second-order valence-corrected chi connectivity index (χ2v) is 6.95. The first-order valence-electron chi connectivity index (χ1n) is 7.47. The van der Waals surface area contributed by atoms with E-state index in [1.807, 2.05) is 6.07 Å². The summed E-state index contributed by atoms with van der Waals surface area (Å²) in [7, 11) is 0. The fraction of sp³-hybridized carbons (Fsp3) is 0.688. The van der Waals surface area contributed by atoms with Gasteiger partial charge in [0.05, 0.1) is 18.2 Å². The SMILES string of the molecule is CC(C)(C)CC(CN)C(=O)NC1CCCc2occc21. The molecule has 1 heterocycles. The summed E-state index contributed by atoms with van der Waals surface area (Å²) in [6, 6.07) is 2.06. The van der Waals surface area contributed by atoms with E-state index in [0.29, 0.717) is 6.54 Å². The highest BCUT2D eigenvalue weighted by Crippen LogP contribution is 2.31. The van der Waals surface area contributed by atoms with Crippen LogP contribution in [0.1, 0.15) is 57.4 Å². The molecule has 0 spiro atoms. The molecule has 20 heavy (non-hydrogen) atoms. The van der Waals surface area contributed by atoms with Crippen molar-refractivity contribution < 1.29 is 9.21 Å². The summed E-state index contributed by atoms with van der Waals surface area (Å²) in [6.45, 7) is 6.81. The van der Waals surface area contributed by atoms with Gasteiger partial charge in [0.2, 0.25) is 5.91 Å². The molecule has 1 aromatic rings. The van der Waals surface area contributed by atoms with Crippen molar-refractivity contribution in [1.29, 1.82) is 0 Å². The van der Waals surface area contributed by atoms with E-state index in [2.05, 4.69) is 26.1 Å². The number of nitrogens with two attached hydrogens (primary N) is 1. The van der Waals surface area contributed by atoms with Gasteiger partial charge in [-0.05, 0) is 30.7 Å². The number of amides is 1. The molecule has 4 nitrogen and oxygen atoms in total. The molecular formula is C16H26N2O2. The van der Waals surface area contributed by atoms with E-state index in [1.165, 1.54) is 0 Å². The predicted octanol–water partition coefficient (Wildman–Crippen LogP) is 2.78. The minimum Gasteiger partial charge on any atom is -0.469 e. The molecule has 0 fully saturated rings. The second-order valence-electron chi connectivity index (χ2n) is 6.95. The highest BCUT2D eigenvalue weighted by Gasteiger charge is 2.28. The molecule has 1 aliphatic rings. The maximum absolute atomic E-state index is 12.4. The molecule has 0 radical (unpaired) electrons. The van der Waals surface area contributed by atoms with Crippen LogP contribution in [-0.2, 0) is 11.2 Å². The summed E-state index contributed by atoms with van der Waals surface area (Å²) >= 11 is 0. The Morgan fingerprint density at radius 1 is 1.55 bits per heavy atom. The summed E-state index contributed by atoms with van der Waals surface area (Å²) in [5.41, 5.74) is 7.02. The van der Waals surface area contributed by atoms with Crippen LogP contribution in [0.5, 0.6) is 0 Å². The van der Waals surface area contributed by atoms with Gasteiger partial charge in [0.15, 0.2) is 0 Å². The molecule has 112 valence electrons. The lowest BCUT2D eigenvalue weighted by atomic mass is 9.84. The number of nitrogens with one attached hydrogen (secondary N) is 1. The van der Waals surface area contributed by atoms with Gasteiger partial charge in [-0.1, -0.05) is 20.8 Å². The average Bonchev–Trinajstić information content (AvgIpc) is 2.84. The largest absolute Gasteiger partial charge is 0.469 e. The van der Waals surface area contributed by atoms with Crippen molar-refractivity contribution in [3.05, 3.63) is 23.7 Å². The van der Waals surface area contributed by atoms with Gasteiger partial charge in [-0.25, -0.2) is 0 Å². The highest BCUT2D eigenvalue weighted by molar-refractivity contribution is 5.79. The van der Waals surface area contributed by atoms with E-state index in [0.717, 1.165) is 37.0 Å². The standard InChI is InChI=1S/C16H26N2O2/c1-16(2,3)9-11(10-17)15(19)18-13-5-4-6-14-12(13)7-8-20-14/h7-8,11,13H,4-6,9-10,17H2,1-3H3,(H,18,19). The average molecular weight is 278 g/mol. The number of hydrogen-bond donors (Lipinski definition) is 2. The molecule has 2 unspecified atom stereocenters. The zero-order valence-corrected chi connectivity index (χ0v) is 12.7. The van der Waals surface area contributed by atoms with E-state index in [1.54, 1.807) is 6.26 Å². The lowest BCUT2D eigenvalue weighted by Gasteiger charge is -2.28. The molecular weight excluding hydrogens is 252 g/mol. The Morgan fingerprint density at radius 2 is 2.30 bits per heavy atom. The Labute approximate surface area is 121 Å². The minimum atomic E-state index is -0.118. The maximum atomic E-state index is 12.4. The van der Waals surface area contributed by atoms with Crippen molar-refractivity contribution in [2.45, 2.75) is 52.5 Å². The Kier molecular flexibility index (Phi) is 4.53. The fourth-order valence-corrected chi connectivity index (χ4v) is 2.95. The molecule has 0 saturated carbocycles. The van der Waals surface area contributed by atoms with Gasteiger partial charge in [0.25, 0.3) is 0 Å². The first-order chi connectivity index (χ1) is 9.40. The lowest BCUT2D eigenvalue weighted by Crippen LogP contribution is -2.39. The number of hydrogen-bond acceptors (Lipinski definition) is 3. The van der Waals surface area contributed by atoms with Crippen molar-refractivity contribution in [3.8, 4) is 0 Å². The number of carbonyl (C=O) groups is 1. The van der Waals surface area contributed by atoms with Gasteiger partial charge in [-0.3, -0.25) is 4.79 Å². The van der Waals surface area contributed by atoms with Crippen molar-refractivity contribution in [1.82, 2.24) is 5.32 Å². The van der Waals surface area contributed by atoms with Crippen LogP contribution >= 0.6 is 0 Å². The van der Waals surface area contributed by atoms with Crippen molar-refractivity contribution in [3.63, 3.8) is 0 Å². The third kappa shape index (κ3) is 3.63. The summed E-state index contributed by atoms with van der Waals surface area (Å²) < 4.78 is 5.46. The molecule has 1 amide bonds. The van der Waals surface area contributed by atoms with Crippen molar-refractivity contribution in [2.24, 2.45) is 17.1 Å². The van der Waals surface area contributed by atoms with E-state index < -0.39 is 0 Å². The molecule has 0 bridgehead atoms. The second kappa shape index (κ2) is 6.00. The van der Waals surface area contributed by atoms with Crippen LogP contribution in [0.3, 0.4) is 0 Å². The number of rotatable bonds is 4. The van der Waals surface area contributed by atoms with E-state index in [-0.39, 0.29) is 23.3 Å². The van der Waals surface area contributed by atoms with Crippen molar-refractivity contribution >= 4 is 5.91 Å². The molecule has 3 N–H and O–H groups in total. The van der Waals surface area contributed by atoms with Gasteiger partial charge in [0.1, 0.15) is 5.76 Å². The quantitative estimate of drug-likeness (QED) is 0.890. The molecule has 2 rings (SSSR count). The van der Waals surface area contributed by atoms with Crippen LogP contribution in [0, 0.1) is 11.3 Å². The van der Waals surface area contributed by atoms with Gasteiger partial charge < -0.3 is 15.5 Å². The minimum absolute atomic E-state index is 0.0708. The molecule has 2 atom stereocenters. The maximum Gasteiger partial charge on any atom is 0.224 e. The van der Waals surface area contributed by atoms with E-state index in [9.17, 15) is 4.79 Å². The summed E-state index contributed by atoms with van der Waals surface area (Å²) in [5, 5.41) is 3.16. The molecule has 0 saturated heterocycles. The number of carbonyl (C=O) groups excluding carboxylic acids is 1. The Hall–Kier alpha value is -1.29. The molecule has 4 heteroatoms. The first-order valence-corrected chi connectivity index (χ1v) is 7.47. The zero-order chi connectivity index (χ0) is 14.8. The van der Waals surface area contributed by atoms with Crippen LogP contribution in [0.2, 0.25) is 0 Å². The van der Waals surface area contributed by atoms with Crippen molar-refractivity contribution in [2.75, 3.05) is 6.54 Å². The number of fused-ring (bicyclic) bond motifs is 1. The Bertz CT molecular complexity index is 459. The topological polar surface area (TPSA) is 68.3 Å². The Balaban J connectivity index is 2.01. The van der Waals surface area contributed by atoms with Crippen LogP contribution in [-0.4, -0.2) is 12.5 Å². The third-order valence-electron chi connectivity index (χ3n) is 3.88. The van der Waals surface area contributed by atoms with Crippen LogP contribution in [0.15, 0.2) is 16.7 Å². The number of furan rings is 1. The van der Waals surface area contributed by atoms with Gasteiger partial charge in [-0.2, -0.15) is 0 Å². The monoisotopic (exact) mass is 278 g/mol. The summed E-state index contributed by atoms with van der Waals surface area (Å²) in [6.07, 6.45) is 5.52. The smallest absolute Gasteiger partial charge is 0.224 e. The summed E-state index contributed by atoms with van der Waals surface area (Å²) in [4.78, 5) is 12.4. The first kappa shape index (κ1) is 15.1. The highest BCUT2D eigenvalue weighted by atomic mass is 16.3. The third-order valence-corrected chi connectivity index (χ3v) is 3.88.